The maximum absolute atomic E-state index is 13.0. The molecule has 150 valence electrons. The van der Waals surface area contributed by atoms with Crippen LogP contribution < -0.4 is 16.6 Å². The van der Waals surface area contributed by atoms with Crippen LogP contribution in [-0.2, 0) is 14.8 Å². The second-order valence-corrected chi connectivity index (χ2v) is 9.26. The molecular weight excluding hydrogens is 452 g/mol. The Morgan fingerprint density at radius 1 is 1.25 bits per heavy atom. The first kappa shape index (κ1) is 20.5. The summed E-state index contributed by atoms with van der Waals surface area (Å²) < 4.78 is 27.8. The van der Waals surface area contributed by atoms with Gasteiger partial charge in [0, 0.05) is 23.3 Å². The number of para-hydroxylation sites is 1. The van der Waals surface area contributed by atoms with Crippen LogP contribution in [0.2, 0.25) is 0 Å². The highest BCUT2D eigenvalue weighted by Gasteiger charge is 2.36. The fraction of sp³-hybridized carbons (Fsp3) is 0.353. The van der Waals surface area contributed by atoms with E-state index in [2.05, 4.69) is 26.2 Å². The molecule has 2 heterocycles. The lowest BCUT2D eigenvalue weighted by atomic mass is 9.99. The van der Waals surface area contributed by atoms with Gasteiger partial charge in [-0.3, -0.25) is 14.6 Å². The summed E-state index contributed by atoms with van der Waals surface area (Å²) in [5.74, 6) is -0.850. The fourth-order valence-electron chi connectivity index (χ4n) is 3.20. The highest BCUT2D eigenvalue weighted by molar-refractivity contribution is 9.10. The molecule has 1 aliphatic heterocycles. The third-order valence-corrected chi connectivity index (χ3v) is 7.27. The van der Waals surface area contributed by atoms with Gasteiger partial charge in [0.1, 0.15) is 0 Å². The molecule has 28 heavy (non-hydrogen) atoms. The number of carbonyl (C=O) groups is 1. The standard InChI is InChI=1S/C17H19BrN4O5S/c1-10-14(16(24)21-17(25)19-10)28(26,27)22-8-4-5-11(9-22)15(23)20-13-7-3-2-6-12(13)18/h2-3,6-7,11H,4-5,8-9H2,1H3,(H,20,23)(H2,19,21,24,25)/t11-/m1/s1. The largest absolute Gasteiger partial charge is 0.325 e. The summed E-state index contributed by atoms with van der Waals surface area (Å²) >= 11 is 3.36. The zero-order valence-electron chi connectivity index (χ0n) is 15.0. The van der Waals surface area contributed by atoms with Gasteiger partial charge in [0.25, 0.3) is 5.56 Å². The second kappa shape index (κ2) is 8.02. The predicted octanol–water partition coefficient (Wildman–Crippen LogP) is 1.17. The van der Waals surface area contributed by atoms with E-state index >= 15 is 0 Å². The Balaban J connectivity index is 1.83. The molecule has 1 amide bonds. The van der Waals surface area contributed by atoms with Crippen molar-refractivity contribution >= 4 is 37.5 Å². The lowest BCUT2D eigenvalue weighted by Crippen LogP contribution is -2.45. The van der Waals surface area contributed by atoms with E-state index in [0.29, 0.717) is 18.5 Å². The number of sulfonamides is 1. The van der Waals surface area contributed by atoms with Crippen molar-refractivity contribution in [3.63, 3.8) is 0 Å². The summed E-state index contributed by atoms with van der Waals surface area (Å²) in [6, 6.07) is 7.13. The molecule has 0 spiro atoms. The second-order valence-electron chi connectivity index (χ2n) is 6.53. The van der Waals surface area contributed by atoms with E-state index in [1.807, 2.05) is 11.1 Å². The summed E-state index contributed by atoms with van der Waals surface area (Å²) in [6.45, 7) is 1.50. The third kappa shape index (κ3) is 4.10. The topological polar surface area (TPSA) is 132 Å². The number of amides is 1. The molecule has 1 aromatic heterocycles. The lowest BCUT2D eigenvalue weighted by Gasteiger charge is -2.31. The maximum Gasteiger partial charge on any atom is 0.325 e. The van der Waals surface area contributed by atoms with E-state index in [1.54, 1.807) is 18.2 Å². The van der Waals surface area contributed by atoms with Crippen molar-refractivity contribution in [1.29, 1.82) is 0 Å². The molecule has 1 fully saturated rings. The Labute approximate surface area is 169 Å². The monoisotopic (exact) mass is 470 g/mol. The molecule has 0 aliphatic carbocycles. The van der Waals surface area contributed by atoms with Gasteiger partial charge in [0.2, 0.25) is 15.9 Å². The van der Waals surface area contributed by atoms with Gasteiger partial charge in [-0.1, -0.05) is 12.1 Å². The Morgan fingerprint density at radius 2 is 1.96 bits per heavy atom. The van der Waals surface area contributed by atoms with Crippen LogP contribution in [0.25, 0.3) is 0 Å². The van der Waals surface area contributed by atoms with Gasteiger partial charge in [-0.2, -0.15) is 4.31 Å². The Kier molecular flexibility index (Phi) is 5.87. The maximum atomic E-state index is 13.0. The van der Waals surface area contributed by atoms with Crippen LogP contribution in [-0.4, -0.2) is 41.7 Å². The summed E-state index contributed by atoms with van der Waals surface area (Å²) in [4.78, 5) is 39.8. The number of aryl methyl sites for hydroxylation is 1. The number of hydrogen-bond donors (Lipinski definition) is 3. The van der Waals surface area contributed by atoms with E-state index in [1.165, 1.54) is 6.92 Å². The minimum Gasteiger partial charge on any atom is -0.325 e. The van der Waals surface area contributed by atoms with E-state index in [9.17, 15) is 22.8 Å². The quantitative estimate of drug-likeness (QED) is 0.616. The minimum absolute atomic E-state index is 0.0338. The van der Waals surface area contributed by atoms with Crippen molar-refractivity contribution in [3.05, 3.63) is 55.3 Å². The van der Waals surface area contributed by atoms with E-state index in [4.69, 9.17) is 0 Å². The van der Waals surface area contributed by atoms with Gasteiger partial charge in [0.05, 0.1) is 11.6 Å². The van der Waals surface area contributed by atoms with Crippen LogP contribution in [0.3, 0.4) is 0 Å². The van der Waals surface area contributed by atoms with Crippen LogP contribution in [0, 0.1) is 12.8 Å². The zero-order valence-corrected chi connectivity index (χ0v) is 17.4. The number of benzene rings is 1. The third-order valence-electron chi connectivity index (χ3n) is 4.56. The molecule has 1 aliphatic rings. The number of H-pyrrole nitrogens is 2. The first-order chi connectivity index (χ1) is 13.2. The molecule has 2 aromatic rings. The van der Waals surface area contributed by atoms with Crippen molar-refractivity contribution in [1.82, 2.24) is 14.3 Å². The summed E-state index contributed by atoms with van der Waals surface area (Å²) in [7, 11) is -4.16. The van der Waals surface area contributed by atoms with Crippen molar-refractivity contribution < 1.29 is 13.2 Å². The smallest absolute Gasteiger partial charge is 0.325 e. The average Bonchev–Trinajstić information content (AvgIpc) is 2.62. The average molecular weight is 471 g/mol. The van der Waals surface area contributed by atoms with Crippen LogP contribution in [0.1, 0.15) is 18.5 Å². The normalized spacial score (nSPS) is 18.0. The number of anilines is 1. The molecule has 0 saturated carbocycles. The first-order valence-corrected chi connectivity index (χ1v) is 10.8. The molecule has 9 nitrogen and oxygen atoms in total. The number of carbonyl (C=O) groups excluding carboxylic acids is 1. The molecule has 0 radical (unpaired) electrons. The Bertz CT molecular complexity index is 1120. The minimum atomic E-state index is -4.16. The van der Waals surface area contributed by atoms with Gasteiger partial charge in [-0.05, 0) is 47.8 Å². The number of nitrogens with one attached hydrogen (secondary N) is 3. The summed E-state index contributed by atoms with van der Waals surface area (Å²) in [5, 5.41) is 2.80. The van der Waals surface area contributed by atoms with Gasteiger partial charge in [0.15, 0.2) is 4.90 Å². The van der Waals surface area contributed by atoms with Crippen molar-refractivity contribution in [2.75, 3.05) is 18.4 Å². The van der Waals surface area contributed by atoms with Crippen LogP contribution in [0.5, 0.6) is 0 Å². The summed E-state index contributed by atoms with van der Waals surface area (Å²) in [6.07, 6.45) is 1.01. The fourth-order valence-corrected chi connectivity index (χ4v) is 5.31. The molecule has 1 atom stereocenters. The van der Waals surface area contributed by atoms with E-state index in [0.717, 1.165) is 8.78 Å². The number of hydrogen-bond acceptors (Lipinski definition) is 5. The highest BCUT2D eigenvalue weighted by atomic mass is 79.9. The molecule has 3 rings (SSSR count). The van der Waals surface area contributed by atoms with Crippen LogP contribution >= 0.6 is 15.9 Å². The number of aromatic amines is 2. The Morgan fingerprint density at radius 3 is 2.64 bits per heavy atom. The SMILES string of the molecule is Cc1[nH]c(=O)[nH]c(=O)c1S(=O)(=O)N1CCC[C@@H](C(=O)Nc2ccccc2Br)C1. The van der Waals surface area contributed by atoms with Gasteiger partial charge in [-0.25, -0.2) is 13.2 Å². The highest BCUT2D eigenvalue weighted by Crippen LogP contribution is 2.26. The number of halogens is 1. The zero-order chi connectivity index (χ0) is 20.5. The molecule has 1 aromatic carbocycles. The predicted molar refractivity (Wildman–Crippen MR) is 107 cm³/mol. The number of piperidine rings is 1. The van der Waals surface area contributed by atoms with Crippen LogP contribution in [0.15, 0.2) is 43.2 Å². The van der Waals surface area contributed by atoms with Crippen molar-refractivity contribution in [3.8, 4) is 0 Å². The molecule has 11 heteroatoms. The summed E-state index contributed by atoms with van der Waals surface area (Å²) in [5.41, 5.74) is -1.18. The first-order valence-electron chi connectivity index (χ1n) is 8.59. The van der Waals surface area contributed by atoms with E-state index in [-0.39, 0.29) is 24.7 Å². The molecule has 0 bridgehead atoms. The van der Waals surface area contributed by atoms with Crippen molar-refractivity contribution in [2.24, 2.45) is 5.92 Å². The van der Waals surface area contributed by atoms with Gasteiger partial charge >= 0.3 is 5.69 Å². The molecular formula is C17H19BrN4O5S. The number of rotatable bonds is 4. The van der Waals surface area contributed by atoms with E-state index < -0.39 is 32.1 Å². The number of nitrogens with zero attached hydrogens (tertiary/aromatic N) is 1. The molecule has 1 saturated heterocycles. The molecule has 3 N–H and O–H groups in total. The van der Waals surface area contributed by atoms with Gasteiger partial charge in [-0.15, -0.1) is 0 Å². The molecule has 0 unspecified atom stereocenters. The Hall–Kier alpha value is -2.24. The lowest BCUT2D eigenvalue weighted by molar-refractivity contribution is -0.120. The number of aromatic nitrogens is 2. The van der Waals surface area contributed by atoms with Gasteiger partial charge < -0.3 is 10.3 Å². The van der Waals surface area contributed by atoms with Crippen molar-refractivity contribution in [2.45, 2.75) is 24.7 Å². The van der Waals surface area contributed by atoms with Crippen LogP contribution in [0.4, 0.5) is 5.69 Å².